The topological polar surface area (TPSA) is 29.1 Å². The molecule has 0 aromatic heterocycles. The highest BCUT2D eigenvalue weighted by Crippen LogP contribution is 2.08. The van der Waals surface area contributed by atoms with Crippen molar-refractivity contribution in [1.29, 1.82) is 0 Å². The van der Waals surface area contributed by atoms with Gasteiger partial charge in [-0.2, -0.15) is 0 Å². The van der Waals surface area contributed by atoms with E-state index < -0.39 is 0 Å². The fourth-order valence-corrected chi connectivity index (χ4v) is 1.08. The number of carbonyl (C=O) groups excluding carboxylic acids is 1. The molecule has 0 saturated heterocycles. The monoisotopic (exact) mass is 187 g/mol. The third kappa shape index (κ3) is 9.38. The summed E-state index contributed by atoms with van der Waals surface area (Å²) in [5, 5.41) is 2.65. The van der Waals surface area contributed by atoms with E-state index in [1.165, 1.54) is 19.3 Å². The lowest BCUT2D eigenvalue weighted by atomic mass is 10.0. The van der Waals surface area contributed by atoms with Gasteiger partial charge in [0.1, 0.15) is 0 Å². The van der Waals surface area contributed by atoms with Gasteiger partial charge >= 0.3 is 0 Å². The summed E-state index contributed by atoms with van der Waals surface area (Å²) in [5.41, 5.74) is 0. The van der Waals surface area contributed by atoms with Gasteiger partial charge in [-0.25, -0.2) is 0 Å². The number of nitrogens with one attached hydrogen (secondary N) is 1. The summed E-state index contributed by atoms with van der Waals surface area (Å²) >= 11 is 0. The SMILES string of the molecule is CC.CCCCCC(C)C(=O)NC. The third-order valence-corrected chi connectivity index (χ3v) is 1.93. The van der Waals surface area contributed by atoms with Crippen LogP contribution in [0.1, 0.15) is 53.4 Å². The van der Waals surface area contributed by atoms with Crippen LogP contribution in [-0.2, 0) is 4.79 Å². The first kappa shape index (κ1) is 15.0. The fourth-order valence-electron chi connectivity index (χ4n) is 1.08. The van der Waals surface area contributed by atoms with Crippen molar-refractivity contribution < 1.29 is 4.79 Å². The Morgan fingerprint density at radius 1 is 1.31 bits per heavy atom. The van der Waals surface area contributed by atoms with Crippen molar-refractivity contribution in [3.8, 4) is 0 Å². The standard InChI is InChI=1S/C9H19NO.C2H6/c1-4-5-6-7-8(2)9(11)10-3;1-2/h8H,4-7H2,1-3H3,(H,10,11);1-2H3. The number of rotatable bonds is 5. The van der Waals surface area contributed by atoms with Crippen LogP contribution in [0.3, 0.4) is 0 Å². The smallest absolute Gasteiger partial charge is 0.222 e. The van der Waals surface area contributed by atoms with Crippen LogP contribution < -0.4 is 5.32 Å². The Morgan fingerprint density at radius 3 is 2.23 bits per heavy atom. The van der Waals surface area contributed by atoms with E-state index in [1.54, 1.807) is 7.05 Å². The van der Waals surface area contributed by atoms with Gasteiger partial charge in [0, 0.05) is 13.0 Å². The Hall–Kier alpha value is -0.530. The van der Waals surface area contributed by atoms with Crippen molar-refractivity contribution in [1.82, 2.24) is 5.32 Å². The molecule has 0 rings (SSSR count). The maximum Gasteiger partial charge on any atom is 0.222 e. The molecule has 0 heterocycles. The maximum atomic E-state index is 11.0. The van der Waals surface area contributed by atoms with Crippen molar-refractivity contribution in [3.05, 3.63) is 0 Å². The zero-order chi connectivity index (χ0) is 10.7. The van der Waals surface area contributed by atoms with Crippen molar-refractivity contribution in [2.24, 2.45) is 5.92 Å². The van der Waals surface area contributed by atoms with Crippen molar-refractivity contribution >= 4 is 5.91 Å². The summed E-state index contributed by atoms with van der Waals surface area (Å²) in [5.74, 6) is 0.354. The highest BCUT2D eigenvalue weighted by Gasteiger charge is 2.08. The van der Waals surface area contributed by atoms with Gasteiger partial charge < -0.3 is 5.32 Å². The number of hydrogen-bond acceptors (Lipinski definition) is 1. The number of amides is 1. The molecule has 0 aliphatic carbocycles. The lowest BCUT2D eigenvalue weighted by Crippen LogP contribution is -2.25. The lowest BCUT2D eigenvalue weighted by Gasteiger charge is -2.08. The van der Waals surface area contributed by atoms with Gasteiger partial charge in [-0.1, -0.05) is 47.0 Å². The average Bonchev–Trinajstić information content (AvgIpc) is 2.20. The van der Waals surface area contributed by atoms with E-state index in [4.69, 9.17) is 0 Å². The van der Waals surface area contributed by atoms with Gasteiger partial charge in [0.2, 0.25) is 5.91 Å². The van der Waals surface area contributed by atoms with Crippen LogP contribution in [0, 0.1) is 5.92 Å². The molecule has 1 N–H and O–H groups in total. The minimum atomic E-state index is 0.168. The van der Waals surface area contributed by atoms with E-state index in [1.807, 2.05) is 20.8 Å². The summed E-state index contributed by atoms with van der Waals surface area (Å²) in [6.07, 6.45) is 4.65. The first-order valence-corrected chi connectivity index (χ1v) is 5.44. The van der Waals surface area contributed by atoms with Gasteiger partial charge in [-0.3, -0.25) is 4.79 Å². The van der Waals surface area contributed by atoms with Crippen LogP contribution >= 0.6 is 0 Å². The van der Waals surface area contributed by atoms with E-state index in [-0.39, 0.29) is 11.8 Å². The van der Waals surface area contributed by atoms with Crippen LogP contribution in [-0.4, -0.2) is 13.0 Å². The van der Waals surface area contributed by atoms with E-state index in [0.717, 1.165) is 6.42 Å². The Labute approximate surface area is 83.1 Å². The largest absolute Gasteiger partial charge is 0.359 e. The van der Waals surface area contributed by atoms with Gasteiger partial charge in [-0.15, -0.1) is 0 Å². The second-order valence-corrected chi connectivity index (χ2v) is 3.01. The highest BCUT2D eigenvalue weighted by atomic mass is 16.1. The summed E-state index contributed by atoms with van der Waals surface area (Å²) in [7, 11) is 1.69. The Morgan fingerprint density at radius 2 is 1.85 bits per heavy atom. The Balaban J connectivity index is 0. The Kier molecular flexibility index (Phi) is 13.2. The minimum absolute atomic E-state index is 0.168. The maximum absolute atomic E-state index is 11.0. The van der Waals surface area contributed by atoms with Crippen LogP contribution in [0.4, 0.5) is 0 Å². The van der Waals surface area contributed by atoms with Gasteiger partial charge in [0.05, 0.1) is 0 Å². The van der Waals surface area contributed by atoms with Crippen LogP contribution in [0.25, 0.3) is 0 Å². The molecule has 0 spiro atoms. The zero-order valence-corrected chi connectivity index (χ0v) is 9.81. The van der Waals surface area contributed by atoms with Crippen LogP contribution in [0.2, 0.25) is 0 Å². The summed E-state index contributed by atoms with van der Waals surface area (Å²) in [6, 6.07) is 0. The summed E-state index contributed by atoms with van der Waals surface area (Å²) in [6.45, 7) is 8.15. The predicted octanol–water partition coefficient (Wildman–Crippen LogP) is 2.98. The molecule has 1 unspecified atom stereocenters. The van der Waals surface area contributed by atoms with E-state index in [9.17, 15) is 4.79 Å². The molecule has 0 aliphatic heterocycles. The molecule has 0 aromatic carbocycles. The van der Waals surface area contributed by atoms with Crippen molar-refractivity contribution in [2.75, 3.05) is 7.05 Å². The quantitative estimate of drug-likeness (QED) is 0.659. The first-order valence-electron chi connectivity index (χ1n) is 5.44. The number of unbranched alkanes of at least 4 members (excludes halogenated alkanes) is 2. The van der Waals surface area contributed by atoms with E-state index in [2.05, 4.69) is 12.2 Å². The zero-order valence-electron chi connectivity index (χ0n) is 9.81. The molecule has 1 atom stereocenters. The van der Waals surface area contributed by atoms with Gasteiger partial charge in [0.15, 0.2) is 0 Å². The Bertz CT molecular complexity index is 113. The van der Waals surface area contributed by atoms with Crippen molar-refractivity contribution in [2.45, 2.75) is 53.4 Å². The second-order valence-electron chi connectivity index (χ2n) is 3.01. The molecule has 0 aliphatic rings. The molecule has 80 valence electrons. The summed E-state index contributed by atoms with van der Waals surface area (Å²) < 4.78 is 0. The van der Waals surface area contributed by atoms with Gasteiger partial charge in [0.25, 0.3) is 0 Å². The first-order chi connectivity index (χ1) is 6.22. The second kappa shape index (κ2) is 11.5. The molecule has 2 heteroatoms. The molecule has 0 aromatic rings. The molecule has 0 fully saturated rings. The summed E-state index contributed by atoms with van der Waals surface area (Å²) in [4.78, 5) is 11.0. The van der Waals surface area contributed by atoms with E-state index in [0.29, 0.717) is 0 Å². The number of carbonyl (C=O) groups is 1. The van der Waals surface area contributed by atoms with E-state index >= 15 is 0 Å². The third-order valence-electron chi connectivity index (χ3n) is 1.93. The van der Waals surface area contributed by atoms with Crippen LogP contribution in [0.15, 0.2) is 0 Å². The normalized spacial score (nSPS) is 11.2. The molecular formula is C11H25NO. The van der Waals surface area contributed by atoms with Gasteiger partial charge in [-0.05, 0) is 6.42 Å². The molecule has 0 bridgehead atoms. The highest BCUT2D eigenvalue weighted by molar-refractivity contribution is 5.77. The molecular weight excluding hydrogens is 162 g/mol. The number of hydrogen-bond donors (Lipinski definition) is 1. The molecule has 1 amide bonds. The van der Waals surface area contributed by atoms with Crippen molar-refractivity contribution in [3.63, 3.8) is 0 Å². The molecule has 2 nitrogen and oxygen atoms in total. The predicted molar refractivity (Wildman–Crippen MR) is 58.7 cm³/mol. The molecule has 0 saturated carbocycles. The molecule has 0 radical (unpaired) electrons. The van der Waals surface area contributed by atoms with Crippen LogP contribution in [0.5, 0.6) is 0 Å². The lowest BCUT2D eigenvalue weighted by molar-refractivity contribution is -0.124. The average molecular weight is 187 g/mol. The minimum Gasteiger partial charge on any atom is -0.359 e. The molecule has 13 heavy (non-hydrogen) atoms. The fraction of sp³-hybridized carbons (Fsp3) is 0.909.